The Morgan fingerprint density at radius 1 is 1.19 bits per heavy atom. The molecule has 144 valence electrons. The lowest BCUT2D eigenvalue weighted by atomic mass is 9.89. The number of nitrogens with zero attached hydrogens (tertiary/aromatic N) is 2. The first-order chi connectivity index (χ1) is 12.5. The van der Waals surface area contributed by atoms with Gasteiger partial charge in [0, 0.05) is 23.7 Å². The number of allylic oxidation sites excluding steroid dienone is 1. The third-order valence-electron chi connectivity index (χ3n) is 4.44. The molecule has 0 aliphatic rings. The number of carbonyl (C=O) groups excluding carboxylic acids is 1. The van der Waals surface area contributed by atoms with Gasteiger partial charge in [-0.3, -0.25) is 0 Å². The second-order valence-electron chi connectivity index (χ2n) is 8.44. The average molecular weight is 367 g/mol. The lowest BCUT2D eigenvalue weighted by Gasteiger charge is -2.28. The highest BCUT2D eigenvalue weighted by molar-refractivity contribution is 5.75. The Labute approximate surface area is 162 Å². The van der Waals surface area contributed by atoms with E-state index in [-0.39, 0.29) is 11.4 Å². The van der Waals surface area contributed by atoms with Crippen LogP contribution in [0.25, 0.3) is 5.57 Å². The highest BCUT2D eigenvalue weighted by atomic mass is 16.2. The maximum atomic E-state index is 12.5. The summed E-state index contributed by atoms with van der Waals surface area (Å²) in [7, 11) is 0. The van der Waals surface area contributed by atoms with Crippen LogP contribution in [0.1, 0.15) is 63.9 Å². The van der Waals surface area contributed by atoms with Crippen LogP contribution in [0, 0.1) is 0 Å². The van der Waals surface area contributed by atoms with E-state index < -0.39 is 5.54 Å². The van der Waals surface area contributed by atoms with Crippen molar-refractivity contribution in [3.8, 4) is 0 Å². The van der Waals surface area contributed by atoms with E-state index in [2.05, 4.69) is 54.0 Å². The van der Waals surface area contributed by atoms with Crippen LogP contribution in [0.4, 0.5) is 4.79 Å². The molecule has 2 rings (SSSR count). The summed E-state index contributed by atoms with van der Waals surface area (Å²) in [6.07, 6.45) is 3.30. The highest BCUT2D eigenvalue weighted by Crippen LogP contribution is 2.24. The summed E-state index contributed by atoms with van der Waals surface area (Å²) in [6.45, 7) is 16.6. The van der Waals surface area contributed by atoms with Crippen molar-refractivity contribution in [3.63, 3.8) is 0 Å². The molecule has 1 aromatic carbocycles. The van der Waals surface area contributed by atoms with Gasteiger partial charge in [0.15, 0.2) is 0 Å². The van der Waals surface area contributed by atoms with E-state index in [1.165, 1.54) is 0 Å². The normalized spacial score (nSPS) is 11.8. The molecule has 0 bridgehead atoms. The molecule has 2 aromatic rings. The topological polar surface area (TPSA) is 66.9 Å². The second-order valence-corrected chi connectivity index (χ2v) is 8.44. The van der Waals surface area contributed by atoms with E-state index in [0.29, 0.717) is 6.54 Å². The average Bonchev–Trinajstić information content (AvgIpc) is 2.59. The Morgan fingerprint density at radius 3 is 2.52 bits per heavy atom. The summed E-state index contributed by atoms with van der Waals surface area (Å²) in [6, 6.07) is 7.84. The molecule has 0 fully saturated rings. The van der Waals surface area contributed by atoms with Crippen molar-refractivity contribution < 1.29 is 4.79 Å². The summed E-state index contributed by atoms with van der Waals surface area (Å²) in [5, 5.41) is 5.97. The van der Waals surface area contributed by atoms with Gasteiger partial charge >= 0.3 is 6.03 Å². The van der Waals surface area contributed by atoms with Crippen molar-refractivity contribution in [2.75, 3.05) is 0 Å². The van der Waals surface area contributed by atoms with E-state index in [9.17, 15) is 4.79 Å². The number of aromatic nitrogens is 2. The predicted octanol–water partition coefficient (Wildman–Crippen LogP) is 4.54. The van der Waals surface area contributed by atoms with Crippen LogP contribution < -0.4 is 10.6 Å². The molecule has 0 radical (unpaired) electrons. The van der Waals surface area contributed by atoms with Gasteiger partial charge in [-0.1, -0.05) is 51.1 Å². The fourth-order valence-corrected chi connectivity index (χ4v) is 2.91. The zero-order chi connectivity index (χ0) is 20.2. The molecule has 1 aromatic heterocycles. The first kappa shape index (κ1) is 20.6. The van der Waals surface area contributed by atoms with Gasteiger partial charge in [0.2, 0.25) is 0 Å². The van der Waals surface area contributed by atoms with Crippen LogP contribution >= 0.6 is 0 Å². The molecular weight excluding hydrogens is 336 g/mol. The Morgan fingerprint density at radius 2 is 1.89 bits per heavy atom. The number of benzene rings is 1. The molecule has 0 atom stereocenters. The Hall–Kier alpha value is -2.69. The second kappa shape index (κ2) is 7.91. The number of nitrogens with one attached hydrogen (secondary N) is 2. The van der Waals surface area contributed by atoms with E-state index in [4.69, 9.17) is 0 Å². The lowest BCUT2D eigenvalue weighted by molar-refractivity contribution is 0.229. The highest BCUT2D eigenvalue weighted by Gasteiger charge is 2.24. The molecule has 0 unspecified atom stereocenters. The van der Waals surface area contributed by atoms with Gasteiger partial charge in [-0.15, -0.1) is 0 Å². The number of amides is 2. The summed E-state index contributed by atoms with van der Waals surface area (Å²) < 4.78 is 0. The molecule has 27 heavy (non-hydrogen) atoms. The van der Waals surface area contributed by atoms with E-state index in [1.807, 2.05) is 39.0 Å². The summed E-state index contributed by atoms with van der Waals surface area (Å²) in [5.41, 5.74) is 4.31. The van der Waals surface area contributed by atoms with Gasteiger partial charge in [0.25, 0.3) is 0 Å². The van der Waals surface area contributed by atoms with Crippen LogP contribution in [0.15, 0.2) is 43.4 Å². The lowest BCUT2D eigenvalue weighted by Crippen LogP contribution is -2.46. The molecule has 2 amide bonds. The third kappa shape index (κ3) is 5.39. The number of urea groups is 1. The van der Waals surface area contributed by atoms with Crippen molar-refractivity contribution in [1.29, 1.82) is 0 Å². The standard InChI is InChI=1S/C22H30N4O/c1-15(2)16-9-8-10-18(11-16)22(6,7)26-20(27)24-13-17-12-23-14-25-19(17)21(3,4)5/h8-12,14H,1,13H2,2-7H3,(H2,24,26,27). The SMILES string of the molecule is C=C(C)c1cccc(C(C)(C)NC(=O)NCc2cncnc2C(C)(C)C)c1. The number of rotatable bonds is 5. The van der Waals surface area contributed by atoms with Gasteiger partial charge in [0.05, 0.1) is 11.2 Å². The van der Waals surface area contributed by atoms with Crippen LogP contribution in [-0.4, -0.2) is 16.0 Å². The Kier molecular flexibility index (Phi) is 6.04. The van der Waals surface area contributed by atoms with E-state index in [1.54, 1.807) is 12.5 Å². The minimum atomic E-state index is -0.518. The van der Waals surface area contributed by atoms with E-state index in [0.717, 1.165) is 28.0 Å². The summed E-state index contributed by atoms with van der Waals surface area (Å²) in [5.74, 6) is 0. The van der Waals surface area contributed by atoms with Crippen LogP contribution in [0.5, 0.6) is 0 Å². The van der Waals surface area contributed by atoms with Crippen molar-refractivity contribution >= 4 is 11.6 Å². The first-order valence-corrected chi connectivity index (χ1v) is 9.12. The van der Waals surface area contributed by atoms with Gasteiger partial charge in [-0.05, 0) is 38.0 Å². The van der Waals surface area contributed by atoms with Gasteiger partial charge < -0.3 is 10.6 Å². The quantitative estimate of drug-likeness (QED) is 0.816. The molecule has 1 heterocycles. The van der Waals surface area contributed by atoms with Crippen LogP contribution in [0.2, 0.25) is 0 Å². The van der Waals surface area contributed by atoms with Crippen molar-refractivity contribution in [2.24, 2.45) is 0 Å². The molecule has 0 saturated carbocycles. The monoisotopic (exact) mass is 366 g/mol. The number of hydrogen-bond donors (Lipinski definition) is 2. The number of hydrogen-bond acceptors (Lipinski definition) is 3. The smallest absolute Gasteiger partial charge is 0.315 e. The van der Waals surface area contributed by atoms with Gasteiger partial charge in [-0.25, -0.2) is 14.8 Å². The maximum Gasteiger partial charge on any atom is 0.315 e. The van der Waals surface area contributed by atoms with Gasteiger partial charge in [0.1, 0.15) is 6.33 Å². The third-order valence-corrected chi connectivity index (χ3v) is 4.44. The van der Waals surface area contributed by atoms with Gasteiger partial charge in [-0.2, -0.15) is 0 Å². The largest absolute Gasteiger partial charge is 0.334 e. The molecule has 5 nitrogen and oxygen atoms in total. The summed E-state index contributed by atoms with van der Waals surface area (Å²) >= 11 is 0. The fourth-order valence-electron chi connectivity index (χ4n) is 2.91. The summed E-state index contributed by atoms with van der Waals surface area (Å²) in [4.78, 5) is 21.0. The minimum Gasteiger partial charge on any atom is -0.334 e. The molecule has 0 aliphatic carbocycles. The van der Waals surface area contributed by atoms with Crippen molar-refractivity contribution in [2.45, 2.75) is 59.0 Å². The molecule has 2 N–H and O–H groups in total. The molecule has 5 heteroatoms. The van der Waals surface area contributed by atoms with Crippen molar-refractivity contribution in [1.82, 2.24) is 20.6 Å². The van der Waals surface area contributed by atoms with Crippen LogP contribution in [-0.2, 0) is 17.5 Å². The first-order valence-electron chi connectivity index (χ1n) is 9.12. The Balaban J connectivity index is 2.08. The predicted molar refractivity (Wildman–Crippen MR) is 110 cm³/mol. The molecule has 0 aliphatic heterocycles. The van der Waals surface area contributed by atoms with Crippen molar-refractivity contribution in [3.05, 3.63) is 65.8 Å². The molecule has 0 saturated heterocycles. The zero-order valence-corrected chi connectivity index (χ0v) is 17.2. The Bertz CT molecular complexity index is 834. The molecule has 0 spiro atoms. The minimum absolute atomic E-state index is 0.112. The zero-order valence-electron chi connectivity index (χ0n) is 17.2. The number of carbonyl (C=O) groups is 1. The fraction of sp³-hybridized carbons (Fsp3) is 0.409. The van der Waals surface area contributed by atoms with E-state index >= 15 is 0 Å². The van der Waals surface area contributed by atoms with Crippen LogP contribution in [0.3, 0.4) is 0 Å². The maximum absolute atomic E-state index is 12.5. The molecular formula is C22H30N4O.